The number of aliphatic carboxylic acids is 1. The lowest BCUT2D eigenvalue weighted by Gasteiger charge is -2.30. The Hall–Kier alpha value is -1.66. The van der Waals surface area contributed by atoms with E-state index in [9.17, 15) is 9.59 Å². The number of carbonyl (C=O) groups excluding carboxylic acids is 1. The van der Waals surface area contributed by atoms with E-state index in [0.29, 0.717) is 0 Å². The predicted molar refractivity (Wildman–Crippen MR) is 56.6 cm³/mol. The van der Waals surface area contributed by atoms with Gasteiger partial charge < -0.3 is 20.6 Å². The van der Waals surface area contributed by atoms with Crippen molar-refractivity contribution >= 4 is 11.9 Å². The van der Waals surface area contributed by atoms with Gasteiger partial charge in [0.05, 0.1) is 18.8 Å². The molecule has 0 spiro atoms. The molecule has 6 heteroatoms. The first-order chi connectivity index (χ1) is 7.40. The molecule has 0 rings (SSSR count). The zero-order chi connectivity index (χ0) is 12.8. The topological polar surface area (TPSA) is 107 Å². The Labute approximate surface area is 92.9 Å². The van der Waals surface area contributed by atoms with Gasteiger partial charge in [-0.25, -0.2) is 4.79 Å². The number of aliphatic hydroxyl groups is 2. The molecule has 6 nitrogen and oxygen atoms in total. The average Bonchev–Trinajstić information content (AvgIpc) is 2.27. The van der Waals surface area contributed by atoms with Crippen molar-refractivity contribution in [2.45, 2.75) is 12.0 Å². The van der Waals surface area contributed by atoms with E-state index < -0.39 is 30.6 Å². The lowest BCUT2D eigenvalue weighted by Crippen LogP contribution is -2.54. The first kappa shape index (κ1) is 14.3. The molecule has 0 saturated heterocycles. The summed E-state index contributed by atoms with van der Waals surface area (Å²) in [5.41, 5.74) is -1.65. The minimum absolute atomic E-state index is 0.215. The second kappa shape index (κ2) is 6.04. The molecule has 0 aliphatic heterocycles. The van der Waals surface area contributed by atoms with E-state index in [4.69, 9.17) is 15.3 Å². The summed E-state index contributed by atoms with van der Waals surface area (Å²) in [6.07, 6.45) is 0.707. The fraction of sp³-hybridized carbons (Fsp3) is 0.400. The Balaban J connectivity index is 4.80. The van der Waals surface area contributed by atoms with Crippen molar-refractivity contribution in [3.05, 3.63) is 24.8 Å². The number of hydrogen-bond donors (Lipinski definition) is 4. The highest BCUT2D eigenvalue weighted by Crippen LogP contribution is 2.15. The molecule has 0 aromatic rings. The van der Waals surface area contributed by atoms with Gasteiger partial charge >= 0.3 is 5.97 Å². The van der Waals surface area contributed by atoms with Crippen LogP contribution in [-0.4, -0.2) is 45.9 Å². The molecular formula is C10H15NO5. The van der Waals surface area contributed by atoms with Crippen molar-refractivity contribution in [2.24, 2.45) is 0 Å². The molecule has 0 aliphatic rings. The first-order valence-corrected chi connectivity index (χ1v) is 4.48. The molecule has 0 aromatic carbocycles. The van der Waals surface area contributed by atoms with Crippen molar-refractivity contribution in [3.8, 4) is 0 Å². The maximum Gasteiger partial charge on any atom is 0.331 e. The van der Waals surface area contributed by atoms with Gasteiger partial charge in [-0.15, -0.1) is 0 Å². The van der Waals surface area contributed by atoms with Crippen molar-refractivity contribution in [1.82, 2.24) is 5.32 Å². The Kier molecular flexibility index (Phi) is 5.41. The van der Waals surface area contributed by atoms with Crippen molar-refractivity contribution in [3.63, 3.8) is 0 Å². The van der Waals surface area contributed by atoms with E-state index in [1.165, 1.54) is 0 Å². The number of rotatable bonds is 7. The van der Waals surface area contributed by atoms with Crippen molar-refractivity contribution < 1.29 is 24.9 Å². The van der Waals surface area contributed by atoms with Crippen LogP contribution in [0.2, 0.25) is 0 Å². The summed E-state index contributed by atoms with van der Waals surface area (Å²) in [4.78, 5) is 21.6. The fourth-order valence-electron chi connectivity index (χ4n) is 1.08. The highest BCUT2D eigenvalue weighted by atomic mass is 16.4. The summed E-state index contributed by atoms with van der Waals surface area (Å²) >= 11 is 0. The zero-order valence-corrected chi connectivity index (χ0v) is 8.77. The Morgan fingerprint density at radius 1 is 1.31 bits per heavy atom. The minimum Gasteiger partial charge on any atom is -0.478 e. The Morgan fingerprint density at radius 3 is 2.12 bits per heavy atom. The fourth-order valence-corrected chi connectivity index (χ4v) is 1.08. The molecular weight excluding hydrogens is 214 g/mol. The highest BCUT2D eigenvalue weighted by Gasteiger charge is 2.32. The third-order valence-corrected chi connectivity index (χ3v) is 2.03. The second-order valence-electron chi connectivity index (χ2n) is 3.38. The maximum absolute atomic E-state index is 11.1. The molecule has 0 aliphatic carbocycles. The van der Waals surface area contributed by atoms with Crippen LogP contribution in [0.1, 0.15) is 6.42 Å². The van der Waals surface area contributed by atoms with Gasteiger partial charge in [-0.3, -0.25) is 4.79 Å². The van der Waals surface area contributed by atoms with Gasteiger partial charge in [0, 0.05) is 12.0 Å². The number of carboxylic acids is 1. The molecule has 0 radical (unpaired) electrons. The van der Waals surface area contributed by atoms with Crippen LogP contribution in [0.5, 0.6) is 0 Å². The van der Waals surface area contributed by atoms with Crippen LogP contribution in [0.15, 0.2) is 24.8 Å². The largest absolute Gasteiger partial charge is 0.478 e. The van der Waals surface area contributed by atoms with Gasteiger partial charge in [0.25, 0.3) is 0 Å². The lowest BCUT2D eigenvalue weighted by atomic mass is 9.92. The van der Waals surface area contributed by atoms with E-state index >= 15 is 0 Å². The van der Waals surface area contributed by atoms with E-state index in [0.717, 1.165) is 6.08 Å². The van der Waals surface area contributed by atoms with Gasteiger partial charge in [0.1, 0.15) is 0 Å². The summed E-state index contributed by atoms with van der Waals surface area (Å²) in [7, 11) is 0. The number of carbonyl (C=O) groups is 2. The number of aliphatic hydroxyl groups excluding tert-OH is 2. The van der Waals surface area contributed by atoms with Gasteiger partial charge in [-0.05, 0) is 6.08 Å². The zero-order valence-electron chi connectivity index (χ0n) is 8.77. The van der Waals surface area contributed by atoms with Gasteiger partial charge in [0.15, 0.2) is 0 Å². The lowest BCUT2D eigenvalue weighted by molar-refractivity contribution is -0.133. The molecule has 0 unspecified atom stereocenters. The van der Waals surface area contributed by atoms with E-state index in [-0.39, 0.29) is 12.0 Å². The van der Waals surface area contributed by atoms with Crippen LogP contribution in [0, 0.1) is 0 Å². The second-order valence-corrected chi connectivity index (χ2v) is 3.38. The molecule has 0 aromatic heterocycles. The third-order valence-electron chi connectivity index (χ3n) is 2.03. The molecule has 0 atom stereocenters. The minimum atomic E-state index is -1.43. The molecule has 0 heterocycles. The number of carboxylic acid groups (broad SMARTS) is 1. The molecule has 0 fully saturated rings. The average molecular weight is 229 g/mol. The summed E-state index contributed by atoms with van der Waals surface area (Å²) in [5.74, 6) is -1.86. The summed E-state index contributed by atoms with van der Waals surface area (Å²) in [5, 5.41) is 29.1. The first-order valence-electron chi connectivity index (χ1n) is 4.48. The van der Waals surface area contributed by atoms with Gasteiger partial charge in [-0.2, -0.15) is 0 Å². The SMILES string of the molecule is C=CC(=O)NC(CO)(CO)CC(=C)C(=O)O. The Morgan fingerprint density at radius 2 is 1.81 bits per heavy atom. The normalized spacial score (nSPS) is 10.6. The number of amides is 1. The molecule has 4 N–H and O–H groups in total. The standard InChI is InChI=1S/C10H15NO5/c1-3-8(14)11-10(5-12,6-13)4-7(2)9(15)16/h3,12-13H,1-2,4-6H2,(H,11,14)(H,15,16). The molecule has 90 valence electrons. The molecule has 0 bridgehead atoms. The summed E-state index contributed by atoms with van der Waals surface area (Å²) in [6.45, 7) is 5.28. The van der Waals surface area contributed by atoms with Crippen LogP contribution < -0.4 is 5.32 Å². The Bertz CT molecular complexity index is 306. The predicted octanol–water partition coefficient (Wildman–Crippen LogP) is -0.957. The van der Waals surface area contributed by atoms with Crippen LogP contribution in [-0.2, 0) is 9.59 Å². The van der Waals surface area contributed by atoms with Crippen LogP contribution in [0.3, 0.4) is 0 Å². The van der Waals surface area contributed by atoms with Crippen LogP contribution in [0.25, 0.3) is 0 Å². The quantitative estimate of drug-likeness (QED) is 0.421. The smallest absolute Gasteiger partial charge is 0.331 e. The van der Waals surface area contributed by atoms with Crippen LogP contribution in [0.4, 0.5) is 0 Å². The molecule has 1 amide bonds. The monoisotopic (exact) mass is 229 g/mol. The maximum atomic E-state index is 11.1. The van der Waals surface area contributed by atoms with E-state index in [2.05, 4.69) is 18.5 Å². The number of hydrogen-bond acceptors (Lipinski definition) is 4. The highest BCUT2D eigenvalue weighted by molar-refractivity contribution is 5.88. The number of nitrogens with one attached hydrogen (secondary N) is 1. The molecule has 16 heavy (non-hydrogen) atoms. The third kappa shape index (κ3) is 3.84. The van der Waals surface area contributed by atoms with E-state index in [1.54, 1.807) is 0 Å². The van der Waals surface area contributed by atoms with Gasteiger partial charge in [0.2, 0.25) is 5.91 Å². The van der Waals surface area contributed by atoms with Crippen molar-refractivity contribution in [2.75, 3.05) is 13.2 Å². The van der Waals surface area contributed by atoms with Crippen LogP contribution >= 0.6 is 0 Å². The van der Waals surface area contributed by atoms with Gasteiger partial charge in [-0.1, -0.05) is 13.2 Å². The summed E-state index contributed by atoms with van der Waals surface area (Å²) < 4.78 is 0. The van der Waals surface area contributed by atoms with Crippen molar-refractivity contribution in [1.29, 1.82) is 0 Å². The summed E-state index contributed by atoms with van der Waals surface area (Å²) in [6, 6.07) is 0. The van der Waals surface area contributed by atoms with E-state index in [1.807, 2.05) is 0 Å². The molecule has 0 saturated carbocycles.